The van der Waals surface area contributed by atoms with Gasteiger partial charge in [-0.25, -0.2) is 4.98 Å². The number of aromatic amines is 1. The average Bonchev–Trinajstić information content (AvgIpc) is 2.94. The number of hydrogen-bond donors (Lipinski definition) is 1. The van der Waals surface area contributed by atoms with Crippen LogP contribution in [0.3, 0.4) is 0 Å². The van der Waals surface area contributed by atoms with Gasteiger partial charge in [0.25, 0.3) is 5.56 Å². The molecule has 0 saturated carbocycles. The summed E-state index contributed by atoms with van der Waals surface area (Å²) in [6.45, 7) is 8.51. The predicted molar refractivity (Wildman–Crippen MR) is 114 cm³/mol. The Labute approximate surface area is 170 Å². The van der Waals surface area contributed by atoms with E-state index in [0.29, 0.717) is 34.1 Å². The van der Waals surface area contributed by atoms with Crippen molar-refractivity contribution in [1.82, 2.24) is 14.5 Å². The molecule has 3 aromatic rings. The minimum absolute atomic E-state index is 0.0306. The predicted octanol–water partition coefficient (Wildman–Crippen LogP) is 4.73. The average molecular weight is 448 g/mol. The second kappa shape index (κ2) is 8.02. The Balaban J connectivity index is 1.97. The third-order valence-corrected chi connectivity index (χ3v) is 5.68. The van der Waals surface area contributed by atoms with E-state index < -0.39 is 0 Å². The fourth-order valence-electron chi connectivity index (χ4n) is 3.03. The van der Waals surface area contributed by atoms with Gasteiger partial charge in [-0.1, -0.05) is 41.5 Å². The molecule has 0 amide bonds. The molecule has 7 heteroatoms. The van der Waals surface area contributed by atoms with Crippen molar-refractivity contribution < 1.29 is 4.79 Å². The molecule has 0 radical (unpaired) electrons. The summed E-state index contributed by atoms with van der Waals surface area (Å²) in [6, 6.07) is 7.36. The SMILES string of the molecule is Cc1cc(C(=O)CSc2nc3ccc(Br)cc3c(=O)n2CC(C)C)c(C)[nH]1. The largest absolute Gasteiger partial charge is 0.362 e. The third-order valence-electron chi connectivity index (χ3n) is 4.21. The number of aromatic nitrogens is 3. The lowest BCUT2D eigenvalue weighted by Crippen LogP contribution is -2.25. The van der Waals surface area contributed by atoms with Crippen molar-refractivity contribution >= 4 is 44.4 Å². The van der Waals surface area contributed by atoms with Gasteiger partial charge in [0.05, 0.1) is 16.7 Å². The molecule has 0 saturated heterocycles. The Hall–Kier alpha value is -1.86. The van der Waals surface area contributed by atoms with E-state index in [4.69, 9.17) is 0 Å². The van der Waals surface area contributed by atoms with Crippen LogP contribution in [0, 0.1) is 19.8 Å². The summed E-state index contributed by atoms with van der Waals surface area (Å²) in [6.07, 6.45) is 0. The number of thioether (sulfide) groups is 1. The van der Waals surface area contributed by atoms with Crippen LogP contribution in [-0.2, 0) is 6.54 Å². The summed E-state index contributed by atoms with van der Waals surface area (Å²) < 4.78 is 2.53. The molecule has 0 aliphatic rings. The number of halogens is 1. The highest BCUT2D eigenvalue weighted by Crippen LogP contribution is 2.23. The quantitative estimate of drug-likeness (QED) is 0.336. The van der Waals surface area contributed by atoms with Gasteiger partial charge >= 0.3 is 0 Å². The van der Waals surface area contributed by atoms with Crippen LogP contribution in [0.4, 0.5) is 0 Å². The number of benzene rings is 1. The Morgan fingerprint density at radius 1 is 1.30 bits per heavy atom. The van der Waals surface area contributed by atoms with E-state index in [1.54, 1.807) is 10.6 Å². The van der Waals surface area contributed by atoms with Crippen molar-refractivity contribution in [2.75, 3.05) is 5.75 Å². The maximum absolute atomic E-state index is 13.0. The fourth-order valence-corrected chi connectivity index (χ4v) is 4.28. The monoisotopic (exact) mass is 447 g/mol. The topological polar surface area (TPSA) is 67.8 Å². The molecule has 0 aliphatic heterocycles. The standard InChI is InChI=1S/C20H22BrN3O2S/c1-11(2)9-24-19(26)16-8-14(21)5-6-17(16)23-20(24)27-10-18(25)15-7-12(3)22-13(15)4/h5-8,11,22H,9-10H2,1-4H3. The molecule has 142 valence electrons. The number of aryl methyl sites for hydroxylation is 2. The molecule has 27 heavy (non-hydrogen) atoms. The fraction of sp³-hybridized carbons (Fsp3) is 0.350. The second-order valence-corrected chi connectivity index (χ2v) is 8.93. The lowest BCUT2D eigenvalue weighted by atomic mass is 10.2. The highest BCUT2D eigenvalue weighted by molar-refractivity contribution is 9.10. The number of ketones is 1. The number of H-pyrrole nitrogens is 1. The molecule has 2 aromatic heterocycles. The Morgan fingerprint density at radius 3 is 2.67 bits per heavy atom. The van der Waals surface area contributed by atoms with Crippen LogP contribution in [0.25, 0.3) is 10.9 Å². The minimum atomic E-state index is -0.0707. The minimum Gasteiger partial charge on any atom is -0.362 e. The molecule has 0 bridgehead atoms. The first-order valence-electron chi connectivity index (χ1n) is 8.78. The smallest absolute Gasteiger partial charge is 0.262 e. The summed E-state index contributed by atoms with van der Waals surface area (Å²) >= 11 is 4.74. The van der Waals surface area contributed by atoms with Crippen LogP contribution >= 0.6 is 27.7 Å². The summed E-state index contributed by atoms with van der Waals surface area (Å²) in [7, 11) is 0. The maximum Gasteiger partial charge on any atom is 0.262 e. The van der Waals surface area contributed by atoms with Crippen LogP contribution in [0.5, 0.6) is 0 Å². The molecule has 3 rings (SSSR count). The first-order chi connectivity index (χ1) is 12.8. The lowest BCUT2D eigenvalue weighted by Gasteiger charge is -2.15. The van der Waals surface area contributed by atoms with E-state index in [0.717, 1.165) is 15.9 Å². The Morgan fingerprint density at radius 2 is 2.04 bits per heavy atom. The second-order valence-electron chi connectivity index (χ2n) is 7.07. The zero-order chi connectivity index (χ0) is 19.7. The number of rotatable bonds is 6. The molecule has 0 aliphatic carbocycles. The van der Waals surface area contributed by atoms with Gasteiger partial charge in [-0.3, -0.25) is 14.2 Å². The van der Waals surface area contributed by atoms with Crippen LogP contribution < -0.4 is 5.56 Å². The summed E-state index contributed by atoms with van der Waals surface area (Å²) in [5.41, 5.74) is 3.11. The van der Waals surface area contributed by atoms with E-state index in [1.165, 1.54) is 11.8 Å². The van der Waals surface area contributed by atoms with Crippen molar-refractivity contribution in [2.45, 2.75) is 39.4 Å². The highest BCUT2D eigenvalue weighted by Gasteiger charge is 2.17. The van der Waals surface area contributed by atoms with Crippen molar-refractivity contribution in [3.8, 4) is 0 Å². The zero-order valence-electron chi connectivity index (χ0n) is 15.8. The number of fused-ring (bicyclic) bond motifs is 1. The number of carbonyl (C=O) groups excluding carboxylic acids is 1. The molecule has 0 atom stereocenters. The Kier molecular flexibility index (Phi) is 5.91. The van der Waals surface area contributed by atoms with Crippen molar-refractivity contribution in [3.05, 3.63) is 56.0 Å². The summed E-state index contributed by atoms with van der Waals surface area (Å²) in [5.74, 6) is 0.562. The number of Topliss-reactive ketones (excluding diaryl/α,β-unsaturated/α-hetero) is 1. The van der Waals surface area contributed by atoms with Gasteiger partial charge in [-0.2, -0.15) is 0 Å². The molecule has 1 N–H and O–H groups in total. The van der Waals surface area contributed by atoms with E-state index in [-0.39, 0.29) is 17.1 Å². The first-order valence-corrected chi connectivity index (χ1v) is 10.6. The molecule has 0 unspecified atom stereocenters. The van der Waals surface area contributed by atoms with Crippen LogP contribution in [0.2, 0.25) is 0 Å². The van der Waals surface area contributed by atoms with E-state index in [9.17, 15) is 9.59 Å². The van der Waals surface area contributed by atoms with Gasteiger partial charge in [-0.15, -0.1) is 0 Å². The van der Waals surface area contributed by atoms with Gasteiger partial charge in [0, 0.05) is 28.0 Å². The normalized spacial score (nSPS) is 11.5. The number of hydrogen-bond acceptors (Lipinski definition) is 4. The molecule has 1 aromatic carbocycles. The zero-order valence-corrected chi connectivity index (χ0v) is 18.2. The van der Waals surface area contributed by atoms with Gasteiger partial charge in [0.1, 0.15) is 0 Å². The van der Waals surface area contributed by atoms with Crippen molar-refractivity contribution in [3.63, 3.8) is 0 Å². The van der Waals surface area contributed by atoms with E-state index >= 15 is 0 Å². The van der Waals surface area contributed by atoms with Crippen LogP contribution in [-0.4, -0.2) is 26.1 Å². The van der Waals surface area contributed by atoms with Crippen LogP contribution in [0.15, 0.2) is 38.7 Å². The summed E-state index contributed by atoms with van der Waals surface area (Å²) in [4.78, 5) is 33.5. The number of nitrogens with zero attached hydrogens (tertiary/aromatic N) is 2. The highest BCUT2D eigenvalue weighted by atomic mass is 79.9. The van der Waals surface area contributed by atoms with Crippen molar-refractivity contribution in [1.29, 1.82) is 0 Å². The first kappa shape index (κ1) is 19.9. The third kappa shape index (κ3) is 4.35. The van der Waals surface area contributed by atoms with E-state index in [2.05, 4.69) is 39.7 Å². The molecule has 2 heterocycles. The van der Waals surface area contributed by atoms with E-state index in [1.807, 2.05) is 32.0 Å². The van der Waals surface area contributed by atoms with Crippen molar-refractivity contribution in [2.24, 2.45) is 5.92 Å². The summed E-state index contributed by atoms with van der Waals surface area (Å²) in [5, 5.41) is 1.17. The van der Waals surface area contributed by atoms with Gasteiger partial charge in [-0.05, 0) is 44.0 Å². The van der Waals surface area contributed by atoms with Gasteiger partial charge in [0.15, 0.2) is 10.9 Å². The number of nitrogens with one attached hydrogen (secondary N) is 1. The van der Waals surface area contributed by atoms with Crippen LogP contribution in [0.1, 0.15) is 35.6 Å². The lowest BCUT2D eigenvalue weighted by molar-refractivity contribution is 0.102. The number of carbonyl (C=O) groups is 1. The molecule has 5 nitrogen and oxygen atoms in total. The molecule has 0 spiro atoms. The maximum atomic E-state index is 13.0. The van der Waals surface area contributed by atoms with Gasteiger partial charge in [0.2, 0.25) is 0 Å². The molecular formula is C20H22BrN3O2S. The Bertz CT molecular complexity index is 1070. The van der Waals surface area contributed by atoms with Gasteiger partial charge < -0.3 is 4.98 Å². The molecule has 0 fully saturated rings. The molecular weight excluding hydrogens is 426 g/mol.